The van der Waals surface area contributed by atoms with E-state index in [0.717, 1.165) is 50.8 Å². The highest BCUT2D eigenvalue weighted by molar-refractivity contribution is 5.32. The minimum absolute atomic E-state index is 0.0913. The minimum atomic E-state index is -0.375. The zero-order valence-electron chi connectivity index (χ0n) is 11.6. The maximum atomic E-state index is 10.5. The van der Waals surface area contributed by atoms with Crippen LogP contribution in [-0.2, 0) is 6.42 Å². The number of rotatable bonds is 6. The lowest BCUT2D eigenvalue weighted by atomic mass is 9.87. The molecule has 0 saturated heterocycles. The fourth-order valence-electron chi connectivity index (χ4n) is 2.67. The van der Waals surface area contributed by atoms with E-state index in [1.165, 1.54) is 0 Å². The summed E-state index contributed by atoms with van der Waals surface area (Å²) < 4.78 is 0. The molecule has 0 bridgehead atoms. The van der Waals surface area contributed by atoms with Crippen molar-refractivity contribution in [3.63, 3.8) is 0 Å². The molecule has 0 heterocycles. The molecule has 1 aliphatic carbocycles. The van der Waals surface area contributed by atoms with Crippen molar-refractivity contribution in [2.75, 3.05) is 13.1 Å². The Bertz CT molecular complexity index is 425. The third kappa shape index (κ3) is 4.58. The Morgan fingerprint density at radius 3 is 2.45 bits per heavy atom. The average molecular weight is 278 g/mol. The van der Waals surface area contributed by atoms with E-state index in [9.17, 15) is 15.2 Å². The molecule has 2 N–H and O–H groups in total. The molecule has 5 nitrogen and oxygen atoms in total. The second-order valence-corrected chi connectivity index (χ2v) is 5.55. The molecular weight excluding hydrogens is 256 g/mol. The molecule has 0 radical (unpaired) electrons. The second kappa shape index (κ2) is 7.36. The van der Waals surface area contributed by atoms with Crippen molar-refractivity contribution in [2.24, 2.45) is 5.92 Å². The van der Waals surface area contributed by atoms with E-state index in [1.807, 2.05) is 12.1 Å². The lowest BCUT2D eigenvalue weighted by Gasteiger charge is -2.25. The Kier molecular flexibility index (Phi) is 5.49. The van der Waals surface area contributed by atoms with Crippen LogP contribution in [-0.4, -0.2) is 29.2 Å². The summed E-state index contributed by atoms with van der Waals surface area (Å²) in [5, 5.41) is 23.4. The topological polar surface area (TPSA) is 75.4 Å². The third-order valence-electron chi connectivity index (χ3n) is 3.99. The van der Waals surface area contributed by atoms with E-state index in [0.29, 0.717) is 5.92 Å². The minimum Gasteiger partial charge on any atom is -0.393 e. The first-order chi connectivity index (χ1) is 9.65. The number of non-ortho nitro benzene ring substituents is 1. The van der Waals surface area contributed by atoms with Crippen molar-refractivity contribution in [3.8, 4) is 0 Å². The summed E-state index contributed by atoms with van der Waals surface area (Å²) in [7, 11) is 0. The van der Waals surface area contributed by atoms with Crippen molar-refractivity contribution in [1.82, 2.24) is 5.32 Å². The molecule has 1 aliphatic rings. The molecule has 20 heavy (non-hydrogen) atoms. The molecule has 2 rings (SSSR count). The number of aliphatic hydroxyl groups is 1. The van der Waals surface area contributed by atoms with Crippen LogP contribution in [0, 0.1) is 16.0 Å². The number of nitro benzene ring substituents is 1. The van der Waals surface area contributed by atoms with Gasteiger partial charge in [-0.1, -0.05) is 12.1 Å². The van der Waals surface area contributed by atoms with Gasteiger partial charge in [-0.15, -0.1) is 0 Å². The van der Waals surface area contributed by atoms with E-state index in [-0.39, 0.29) is 16.7 Å². The van der Waals surface area contributed by atoms with Crippen molar-refractivity contribution < 1.29 is 10.0 Å². The Morgan fingerprint density at radius 2 is 1.85 bits per heavy atom. The van der Waals surface area contributed by atoms with Gasteiger partial charge in [0.05, 0.1) is 11.0 Å². The average Bonchev–Trinajstić information content (AvgIpc) is 2.46. The summed E-state index contributed by atoms with van der Waals surface area (Å²) in [4.78, 5) is 10.2. The molecular formula is C15H22N2O3. The predicted molar refractivity (Wildman–Crippen MR) is 77.6 cm³/mol. The van der Waals surface area contributed by atoms with Gasteiger partial charge in [-0.3, -0.25) is 10.1 Å². The van der Waals surface area contributed by atoms with E-state index >= 15 is 0 Å². The zero-order chi connectivity index (χ0) is 14.4. The molecule has 0 unspecified atom stereocenters. The van der Waals surface area contributed by atoms with Crippen molar-refractivity contribution >= 4 is 5.69 Å². The van der Waals surface area contributed by atoms with Crippen LogP contribution in [0.15, 0.2) is 24.3 Å². The van der Waals surface area contributed by atoms with Gasteiger partial charge in [-0.2, -0.15) is 0 Å². The Balaban J connectivity index is 1.64. The second-order valence-electron chi connectivity index (χ2n) is 5.55. The summed E-state index contributed by atoms with van der Waals surface area (Å²) in [6.07, 6.45) is 4.85. The normalized spacial score (nSPS) is 22.6. The first-order valence-corrected chi connectivity index (χ1v) is 7.27. The number of hydrogen-bond donors (Lipinski definition) is 2. The summed E-state index contributed by atoms with van der Waals surface area (Å²) >= 11 is 0. The number of benzene rings is 1. The van der Waals surface area contributed by atoms with Crippen LogP contribution in [0.25, 0.3) is 0 Å². The quantitative estimate of drug-likeness (QED) is 0.475. The summed E-state index contributed by atoms with van der Waals surface area (Å²) in [5.74, 6) is 0.676. The molecule has 1 fully saturated rings. The van der Waals surface area contributed by atoms with Gasteiger partial charge >= 0.3 is 0 Å². The summed E-state index contributed by atoms with van der Waals surface area (Å²) in [6, 6.07) is 6.74. The summed E-state index contributed by atoms with van der Waals surface area (Å²) in [5.41, 5.74) is 1.25. The molecule has 0 spiro atoms. The van der Waals surface area contributed by atoms with E-state index in [4.69, 9.17) is 0 Å². The molecule has 110 valence electrons. The van der Waals surface area contributed by atoms with E-state index in [2.05, 4.69) is 5.32 Å². The lowest BCUT2D eigenvalue weighted by molar-refractivity contribution is -0.384. The van der Waals surface area contributed by atoms with Gasteiger partial charge < -0.3 is 10.4 Å². The van der Waals surface area contributed by atoms with Gasteiger partial charge in [-0.25, -0.2) is 0 Å². The molecule has 5 heteroatoms. The Labute approximate surface area is 119 Å². The first kappa shape index (κ1) is 14.9. The molecule has 0 aromatic heterocycles. The van der Waals surface area contributed by atoms with Crippen LogP contribution in [0.2, 0.25) is 0 Å². The fourth-order valence-corrected chi connectivity index (χ4v) is 2.67. The van der Waals surface area contributed by atoms with Gasteiger partial charge in [0.1, 0.15) is 0 Å². The van der Waals surface area contributed by atoms with E-state index in [1.54, 1.807) is 12.1 Å². The Hall–Kier alpha value is -1.46. The van der Waals surface area contributed by atoms with Crippen LogP contribution in [0.4, 0.5) is 5.69 Å². The van der Waals surface area contributed by atoms with Gasteiger partial charge in [0.15, 0.2) is 0 Å². The highest BCUT2D eigenvalue weighted by Crippen LogP contribution is 2.23. The number of aliphatic hydroxyl groups excluding tert-OH is 1. The number of hydrogen-bond acceptors (Lipinski definition) is 4. The van der Waals surface area contributed by atoms with Gasteiger partial charge in [0.25, 0.3) is 5.69 Å². The predicted octanol–water partition coefficient (Wildman–Crippen LogP) is 2.28. The van der Waals surface area contributed by atoms with Crippen LogP contribution in [0.3, 0.4) is 0 Å². The third-order valence-corrected chi connectivity index (χ3v) is 3.99. The molecule has 0 aliphatic heterocycles. The van der Waals surface area contributed by atoms with Crippen LogP contribution in [0.1, 0.15) is 31.2 Å². The number of nitrogens with one attached hydrogen (secondary N) is 1. The molecule has 1 aromatic carbocycles. The number of nitro groups is 1. The maximum absolute atomic E-state index is 10.5. The lowest BCUT2D eigenvalue weighted by Crippen LogP contribution is -2.29. The highest BCUT2D eigenvalue weighted by atomic mass is 16.6. The summed E-state index contributed by atoms with van der Waals surface area (Å²) in [6.45, 7) is 1.89. The van der Waals surface area contributed by atoms with Crippen molar-refractivity contribution in [1.29, 1.82) is 0 Å². The van der Waals surface area contributed by atoms with Crippen molar-refractivity contribution in [2.45, 2.75) is 38.2 Å². The zero-order valence-corrected chi connectivity index (χ0v) is 11.6. The van der Waals surface area contributed by atoms with Gasteiger partial charge in [0, 0.05) is 12.1 Å². The van der Waals surface area contributed by atoms with Gasteiger partial charge in [0.2, 0.25) is 0 Å². The first-order valence-electron chi connectivity index (χ1n) is 7.27. The maximum Gasteiger partial charge on any atom is 0.269 e. The fraction of sp³-hybridized carbons (Fsp3) is 0.600. The standard InChI is InChI=1S/C15H22N2O3/c18-15-7-3-13(4-8-15)11-16-10-9-12-1-5-14(6-2-12)17(19)20/h1-2,5-6,13,15-16,18H,3-4,7-11H2. The molecule has 0 amide bonds. The van der Waals surface area contributed by atoms with Crippen LogP contribution < -0.4 is 5.32 Å². The van der Waals surface area contributed by atoms with Crippen LogP contribution in [0.5, 0.6) is 0 Å². The van der Waals surface area contributed by atoms with Crippen LogP contribution >= 0.6 is 0 Å². The largest absolute Gasteiger partial charge is 0.393 e. The van der Waals surface area contributed by atoms with Crippen molar-refractivity contribution in [3.05, 3.63) is 39.9 Å². The molecule has 1 saturated carbocycles. The monoisotopic (exact) mass is 278 g/mol. The van der Waals surface area contributed by atoms with E-state index < -0.39 is 0 Å². The smallest absolute Gasteiger partial charge is 0.269 e. The highest BCUT2D eigenvalue weighted by Gasteiger charge is 2.18. The SMILES string of the molecule is O=[N+]([O-])c1ccc(CCNCC2CCC(O)CC2)cc1. The molecule has 1 aromatic rings. The Morgan fingerprint density at radius 1 is 1.20 bits per heavy atom. The molecule has 0 atom stereocenters. The van der Waals surface area contributed by atoms with Gasteiger partial charge in [-0.05, 0) is 56.7 Å². The number of nitrogens with zero attached hydrogens (tertiary/aromatic N) is 1.